The molecule has 2 aromatic carbocycles. The fraction of sp³-hybridized carbons (Fsp3) is 0.548. The first-order valence-electron chi connectivity index (χ1n) is 20.0. The SMILES string of the molecule is Nc1ncc(F)c(-c2cccc(C3CC3)c2)n1.O=C1CCC(Nc2ccc(C3CCN(CC4(O)CCN(C(=O)C5CCCCC5)CC4)CC3)c(F)c2)C(=O)N1. The molecule has 0 spiro atoms. The fourth-order valence-corrected chi connectivity index (χ4v) is 8.65. The van der Waals surface area contributed by atoms with Crippen LogP contribution in [0.15, 0.2) is 48.7 Å². The number of hydrogen-bond donors (Lipinski definition) is 4. The number of hydrogen-bond acceptors (Lipinski definition) is 9. The van der Waals surface area contributed by atoms with E-state index in [0.717, 1.165) is 63.4 Å². The van der Waals surface area contributed by atoms with E-state index in [4.69, 9.17) is 5.73 Å². The molecule has 0 radical (unpaired) electrons. The van der Waals surface area contributed by atoms with E-state index in [9.17, 15) is 23.9 Å². The number of carbonyl (C=O) groups excluding carboxylic acids is 3. The highest BCUT2D eigenvalue weighted by molar-refractivity contribution is 6.01. The van der Waals surface area contributed by atoms with Crippen LogP contribution in [0.25, 0.3) is 11.3 Å². The Hall–Kier alpha value is -4.49. The molecule has 5 aliphatic rings. The summed E-state index contributed by atoms with van der Waals surface area (Å²) in [6, 6.07) is 12.3. The van der Waals surface area contributed by atoms with Crippen molar-refractivity contribution >= 4 is 29.4 Å². The van der Waals surface area contributed by atoms with Crippen LogP contribution in [0.3, 0.4) is 0 Å². The molecule has 13 heteroatoms. The number of β-amino-alcohol motifs (C(OH)–C–C–N with tert-alkyl or cyclic N) is 1. The zero-order valence-electron chi connectivity index (χ0n) is 31.5. The number of carbonyl (C=O) groups is 3. The van der Waals surface area contributed by atoms with Crippen molar-refractivity contribution in [1.82, 2.24) is 25.1 Å². The minimum Gasteiger partial charge on any atom is -0.388 e. The molecular weight excluding hydrogens is 705 g/mol. The zero-order chi connectivity index (χ0) is 38.5. The summed E-state index contributed by atoms with van der Waals surface area (Å²) < 4.78 is 28.7. The molecule has 3 saturated heterocycles. The number of piperidine rings is 3. The smallest absolute Gasteiger partial charge is 0.249 e. The molecule has 4 heterocycles. The van der Waals surface area contributed by atoms with Gasteiger partial charge in [0.25, 0.3) is 0 Å². The van der Waals surface area contributed by atoms with E-state index < -0.39 is 17.5 Å². The zero-order valence-corrected chi connectivity index (χ0v) is 31.5. The third-order valence-corrected chi connectivity index (χ3v) is 12.1. The first kappa shape index (κ1) is 38.8. The topological polar surface area (TPSA) is 154 Å². The second kappa shape index (κ2) is 17.1. The van der Waals surface area contributed by atoms with Gasteiger partial charge in [0.05, 0.1) is 11.8 Å². The summed E-state index contributed by atoms with van der Waals surface area (Å²) in [5.74, 6) is -0.0634. The van der Waals surface area contributed by atoms with Gasteiger partial charge in [0.15, 0.2) is 5.82 Å². The number of rotatable bonds is 8. The van der Waals surface area contributed by atoms with Crippen molar-refractivity contribution in [3.8, 4) is 11.3 Å². The van der Waals surface area contributed by atoms with Gasteiger partial charge in [-0.1, -0.05) is 43.5 Å². The van der Waals surface area contributed by atoms with Gasteiger partial charge in [0.1, 0.15) is 17.6 Å². The second-order valence-corrected chi connectivity index (χ2v) is 16.1. The number of aromatic nitrogens is 2. The number of nitrogens with two attached hydrogens (primary N) is 1. The summed E-state index contributed by atoms with van der Waals surface area (Å²) in [6.45, 7) is 3.46. The molecule has 1 aromatic heterocycles. The van der Waals surface area contributed by atoms with E-state index in [0.29, 0.717) is 56.1 Å². The van der Waals surface area contributed by atoms with Crippen molar-refractivity contribution in [2.24, 2.45) is 5.92 Å². The molecule has 5 N–H and O–H groups in total. The van der Waals surface area contributed by atoms with Gasteiger partial charge in [0.2, 0.25) is 23.7 Å². The highest BCUT2D eigenvalue weighted by Crippen LogP contribution is 2.41. The molecule has 2 saturated carbocycles. The van der Waals surface area contributed by atoms with Gasteiger partial charge < -0.3 is 26.0 Å². The van der Waals surface area contributed by atoms with E-state index in [1.54, 1.807) is 12.1 Å². The van der Waals surface area contributed by atoms with Crippen molar-refractivity contribution in [1.29, 1.82) is 0 Å². The van der Waals surface area contributed by atoms with Crippen LogP contribution in [0.2, 0.25) is 0 Å². The van der Waals surface area contributed by atoms with E-state index >= 15 is 4.39 Å². The maximum Gasteiger partial charge on any atom is 0.249 e. The van der Waals surface area contributed by atoms with Gasteiger partial charge in [-0.05, 0) is 112 Å². The number of nitrogen functional groups attached to an aromatic ring is 1. The monoisotopic (exact) mass is 757 g/mol. The molecule has 8 rings (SSSR count). The maximum atomic E-state index is 15.0. The van der Waals surface area contributed by atoms with Crippen LogP contribution >= 0.6 is 0 Å². The molecule has 55 heavy (non-hydrogen) atoms. The van der Waals surface area contributed by atoms with Crippen molar-refractivity contribution in [3.63, 3.8) is 0 Å². The number of benzene rings is 2. The van der Waals surface area contributed by atoms with Crippen LogP contribution < -0.4 is 16.4 Å². The van der Waals surface area contributed by atoms with Gasteiger partial charge >= 0.3 is 0 Å². The number of aliphatic hydroxyl groups is 1. The predicted octanol–water partition coefficient (Wildman–Crippen LogP) is 5.90. The van der Waals surface area contributed by atoms with Gasteiger partial charge in [-0.25, -0.2) is 18.7 Å². The summed E-state index contributed by atoms with van der Waals surface area (Å²) >= 11 is 0. The fourth-order valence-electron chi connectivity index (χ4n) is 8.65. The standard InChI is InChI=1S/C29H41FN4O4.C13H12FN3/c30-24-18-22(31-25-8-9-26(35)32-27(25)36)6-7-23(24)20-10-14-33(15-11-20)19-29(38)12-16-34(17-13-29)28(37)21-4-2-1-3-5-21;14-11-7-16-13(15)17-12(11)10-3-1-2-9(6-10)8-4-5-8/h6-7,18,20-21,25,31,38H,1-5,8-17,19H2,(H,32,35,36);1-3,6-8H,4-5H2,(H2,15,16,17). The molecular formula is C42H53F2N7O4. The normalized spacial score (nSPS) is 22.4. The number of nitrogens with zero attached hydrogens (tertiary/aromatic N) is 4. The molecule has 1 unspecified atom stereocenters. The van der Waals surface area contributed by atoms with Crippen LogP contribution in [-0.4, -0.2) is 87.0 Å². The van der Waals surface area contributed by atoms with Crippen LogP contribution in [0.1, 0.15) is 106 Å². The molecule has 3 aliphatic heterocycles. The first-order valence-corrected chi connectivity index (χ1v) is 20.0. The Bertz CT molecular complexity index is 1850. The lowest BCUT2D eigenvalue weighted by atomic mass is 9.85. The first-order chi connectivity index (χ1) is 26.5. The largest absolute Gasteiger partial charge is 0.388 e. The molecule has 11 nitrogen and oxygen atoms in total. The third kappa shape index (κ3) is 9.85. The van der Waals surface area contributed by atoms with E-state index in [-0.39, 0.29) is 53.4 Å². The van der Waals surface area contributed by atoms with Crippen molar-refractivity contribution in [3.05, 3.63) is 71.4 Å². The Kier molecular flexibility index (Phi) is 12.1. The lowest BCUT2D eigenvalue weighted by Crippen LogP contribution is -2.54. The van der Waals surface area contributed by atoms with Crippen molar-refractivity contribution in [2.45, 2.75) is 107 Å². The Morgan fingerprint density at radius 3 is 2.35 bits per heavy atom. The predicted molar refractivity (Wildman–Crippen MR) is 206 cm³/mol. The third-order valence-electron chi connectivity index (χ3n) is 12.1. The second-order valence-electron chi connectivity index (χ2n) is 16.1. The molecule has 294 valence electrons. The summed E-state index contributed by atoms with van der Waals surface area (Å²) in [4.78, 5) is 48.0. The van der Waals surface area contributed by atoms with Gasteiger partial charge in [0, 0.05) is 43.2 Å². The Morgan fingerprint density at radius 1 is 0.909 bits per heavy atom. The van der Waals surface area contributed by atoms with Crippen LogP contribution in [0.5, 0.6) is 0 Å². The summed E-state index contributed by atoms with van der Waals surface area (Å²) in [7, 11) is 0. The summed E-state index contributed by atoms with van der Waals surface area (Å²) in [6.07, 6.45) is 12.6. The van der Waals surface area contributed by atoms with Crippen LogP contribution in [0, 0.1) is 17.6 Å². The van der Waals surface area contributed by atoms with Gasteiger partial charge in [-0.3, -0.25) is 19.7 Å². The molecule has 3 amide bonds. The maximum absolute atomic E-state index is 15.0. The van der Waals surface area contributed by atoms with E-state index in [2.05, 4.69) is 31.6 Å². The minimum atomic E-state index is -0.773. The average molecular weight is 758 g/mol. The van der Waals surface area contributed by atoms with Gasteiger partial charge in [-0.15, -0.1) is 0 Å². The molecule has 5 fully saturated rings. The number of amides is 3. The van der Waals surface area contributed by atoms with E-state index in [1.807, 2.05) is 23.1 Å². The molecule has 2 aliphatic carbocycles. The average Bonchev–Trinajstić information content (AvgIpc) is 4.04. The Labute approximate surface area is 321 Å². The summed E-state index contributed by atoms with van der Waals surface area (Å²) in [5.41, 5.74) is 8.23. The number of halogens is 2. The molecule has 3 aromatic rings. The lowest BCUT2D eigenvalue weighted by molar-refractivity contribution is -0.141. The van der Waals surface area contributed by atoms with Crippen LogP contribution in [0.4, 0.5) is 20.4 Å². The van der Waals surface area contributed by atoms with Crippen molar-refractivity contribution < 1.29 is 28.3 Å². The number of nitrogens with one attached hydrogen (secondary N) is 2. The highest BCUT2D eigenvalue weighted by atomic mass is 19.1. The molecule has 0 bridgehead atoms. The number of anilines is 2. The summed E-state index contributed by atoms with van der Waals surface area (Å²) in [5, 5.41) is 16.6. The van der Waals surface area contributed by atoms with E-state index in [1.165, 1.54) is 30.9 Å². The Morgan fingerprint density at radius 2 is 1.65 bits per heavy atom. The van der Waals surface area contributed by atoms with Gasteiger partial charge in [-0.2, -0.15) is 0 Å². The minimum absolute atomic E-state index is 0.0956. The lowest BCUT2D eigenvalue weighted by Gasteiger charge is -2.43. The van der Waals surface area contributed by atoms with Crippen LogP contribution in [-0.2, 0) is 14.4 Å². The Balaban J connectivity index is 0.000000227. The molecule has 1 atom stereocenters. The highest BCUT2D eigenvalue weighted by Gasteiger charge is 2.38. The number of likely N-dealkylation sites (tertiary alicyclic amines) is 2. The quantitative estimate of drug-likeness (QED) is 0.206. The van der Waals surface area contributed by atoms with Crippen molar-refractivity contribution in [2.75, 3.05) is 43.8 Å². The number of imide groups is 1.